The highest BCUT2D eigenvalue weighted by molar-refractivity contribution is 6.35. The zero-order valence-electron chi connectivity index (χ0n) is 17.9. The quantitative estimate of drug-likeness (QED) is 0.517. The Kier molecular flexibility index (Phi) is 4.34. The Labute approximate surface area is 172 Å². The van der Waals surface area contributed by atoms with Gasteiger partial charge in [-0.15, -0.1) is 0 Å². The second-order valence-corrected chi connectivity index (χ2v) is 8.46. The van der Waals surface area contributed by atoms with Crippen LogP contribution in [0.5, 0.6) is 0 Å². The Balaban J connectivity index is 2.17. The lowest BCUT2D eigenvalue weighted by molar-refractivity contribution is 0.0828. The normalized spacial score (nSPS) is 15.0. The van der Waals surface area contributed by atoms with Gasteiger partial charge in [-0.3, -0.25) is 9.59 Å². The van der Waals surface area contributed by atoms with Crippen molar-refractivity contribution in [3.05, 3.63) is 104 Å². The molecule has 0 atom stereocenters. The average Bonchev–Trinajstić information content (AvgIpc) is 2.90. The summed E-state index contributed by atoms with van der Waals surface area (Å²) in [6.07, 6.45) is 0. The van der Waals surface area contributed by atoms with Gasteiger partial charge < -0.3 is 0 Å². The predicted octanol–water partition coefficient (Wildman–Crippen LogP) is 5.90. The van der Waals surface area contributed by atoms with Crippen molar-refractivity contribution in [1.82, 2.24) is 0 Å². The molecule has 2 nitrogen and oxygen atoms in total. The van der Waals surface area contributed by atoms with Crippen molar-refractivity contribution < 1.29 is 9.59 Å². The number of carbonyl (C=O) groups is 2. The molecule has 1 aliphatic rings. The highest BCUT2D eigenvalue weighted by Gasteiger charge is 2.56. The molecule has 0 saturated heterocycles. The fraction of sp³-hybridized carbons (Fsp3) is 0.259. The van der Waals surface area contributed by atoms with Gasteiger partial charge in [0.2, 0.25) is 0 Å². The Hall–Kier alpha value is -3.00. The number of carbonyl (C=O) groups excluding carboxylic acids is 2. The zero-order chi connectivity index (χ0) is 21.1. The summed E-state index contributed by atoms with van der Waals surface area (Å²) >= 11 is 0. The van der Waals surface area contributed by atoms with Crippen molar-refractivity contribution in [2.24, 2.45) is 0 Å². The Morgan fingerprint density at radius 2 is 0.862 bits per heavy atom. The summed E-state index contributed by atoms with van der Waals surface area (Å²) in [4.78, 5) is 28.0. The second kappa shape index (κ2) is 6.52. The van der Waals surface area contributed by atoms with E-state index < -0.39 is 5.41 Å². The largest absolute Gasteiger partial charge is 0.292 e. The smallest absolute Gasteiger partial charge is 0.186 e. The number of fused-ring (bicyclic) bond motifs is 1. The number of Topliss-reactive ketones (excluding diaryl/α,β-unsaturated/α-hetero) is 2. The van der Waals surface area contributed by atoms with E-state index in [1.807, 2.05) is 52.0 Å². The van der Waals surface area contributed by atoms with E-state index in [9.17, 15) is 9.59 Å². The maximum atomic E-state index is 14.0. The van der Waals surface area contributed by atoms with Crippen LogP contribution >= 0.6 is 0 Å². The van der Waals surface area contributed by atoms with Gasteiger partial charge in [0.05, 0.1) is 0 Å². The van der Waals surface area contributed by atoms with Gasteiger partial charge in [-0.1, -0.05) is 48.5 Å². The van der Waals surface area contributed by atoms with Crippen LogP contribution in [-0.4, -0.2) is 11.6 Å². The molecule has 0 aliphatic heterocycles. The third-order valence-corrected chi connectivity index (χ3v) is 6.59. The standard InChI is InChI=1S/C27H26O2/c1-15-11-19(5)23(13-17(15)3)27(24-14-18(4)16(2)12-20(24)6)25(28)21-9-7-8-10-22(21)26(27)29/h7-14H,1-6H3. The fourth-order valence-corrected chi connectivity index (χ4v) is 4.75. The molecular formula is C27H26O2. The summed E-state index contributed by atoms with van der Waals surface area (Å²) in [5.74, 6) is -0.230. The first-order chi connectivity index (χ1) is 13.7. The lowest BCUT2D eigenvalue weighted by Gasteiger charge is -2.31. The third kappa shape index (κ3) is 2.55. The molecule has 0 spiro atoms. The first-order valence-corrected chi connectivity index (χ1v) is 10.0. The number of rotatable bonds is 2. The summed E-state index contributed by atoms with van der Waals surface area (Å²) in [6, 6.07) is 15.5. The van der Waals surface area contributed by atoms with Gasteiger partial charge in [-0.05, 0) is 86.1 Å². The van der Waals surface area contributed by atoms with Crippen LogP contribution in [-0.2, 0) is 5.41 Å². The summed E-state index contributed by atoms with van der Waals surface area (Å²) < 4.78 is 0. The van der Waals surface area contributed by atoms with Crippen LogP contribution in [0.1, 0.15) is 65.2 Å². The minimum Gasteiger partial charge on any atom is -0.292 e. The monoisotopic (exact) mass is 382 g/mol. The minimum absolute atomic E-state index is 0.115. The van der Waals surface area contributed by atoms with Crippen molar-refractivity contribution in [3.63, 3.8) is 0 Å². The maximum absolute atomic E-state index is 14.0. The van der Waals surface area contributed by atoms with Crippen molar-refractivity contribution in [2.75, 3.05) is 0 Å². The first kappa shape index (κ1) is 19.3. The van der Waals surface area contributed by atoms with Gasteiger partial charge in [0.1, 0.15) is 5.41 Å². The summed E-state index contributed by atoms with van der Waals surface area (Å²) in [5.41, 5.74) is 7.76. The van der Waals surface area contributed by atoms with Crippen LogP contribution in [0.3, 0.4) is 0 Å². The van der Waals surface area contributed by atoms with E-state index in [4.69, 9.17) is 0 Å². The highest BCUT2D eigenvalue weighted by Crippen LogP contribution is 2.47. The minimum atomic E-state index is -1.32. The van der Waals surface area contributed by atoms with Crippen molar-refractivity contribution in [1.29, 1.82) is 0 Å². The zero-order valence-corrected chi connectivity index (χ0v) is 17.9. The second-order valence-electron chi connectivity index (χ2n) is 8.46. The van der Waals surface area contributed by atoms with Crippen molar-refractivity contribution in [3.8, 4) is 0 Å². The van der Waals surface area contributed by atoms with Crippen LogP contribution in [0, 0.1) is 41.5 Å². The molecule has 0 aromatic heterocycles. The molecule has 1 aliphatic carbocycles. The van der Waals surface area contributed by atoms with E-state index in [-0.39, 0.29) is 11.6 Å². The van der Waals surface area contributed by atoms with Gasteiger partial charge in [0.15, 0.2) is 11.6 Å². The van der Waals surface area contributed by atoms with Gasteiger partial charge >= 0.3 is 0 Å². The molecule has 0 unspecified atom stereocenters. The third-order valence-electron chi connectivity index (χ3n) is 6.59. The molecule has 29 heavy (non-hydrogen) atoms. The van der Waals surface area contributed by atoms with E-state index in [0.29, 0.717) is 11.1 Å². The summed E-state index contributed by atoms with van der Waals surface area (Å²) in [6.45, 7) is 12.2. The Morgan fingerprint density at radius 3 is 1.24 bits per heavy atom. The topological polar surface area (TPSA) is 34.1 Å². The molecule has 0 saturated carbocycles. The van der Waals surface area contributed by atoms with Gasteiger partial charge in [-0.2, -0.15) is 0 Å². The summed E-state index contributed by atoms with van der Waals surface area (Å²) in [7, 11) is 0. The van der Waals surface area contributed by atoms with E-state index >= 15 is 0 Å². The van der Waals surface area contributed by atoms with E-state index in [1.165, 1.54) is 0 Å². The Bertz CT molecular complexity index is 1100. The fourth-order valence-electron chi connectivity index (χ4n) is 4.75. The SMILES string of the molecule is Cc1cc(C)c(C2(c3cc(C)c(C)cc3C)C(=O)c3ccccc3C2=O)cc1C. The van der Waals surface area contributed by atoms with Gasteiger partial charge in [0, 0.05) is 11.1 Å². The van der Waals surface area contributed by atoms with E-state index in [2.05, 4.69) is 26.0 Å². The van der Waals surface area contributed by atoms with Crippen LogP contribution in [0.25, 0.3) is 0 Å². The molecule has 146 valence electrons. The van der Waals surface area contributed by atoms with Crippen LogP contribution in [0.2, 0.25) is 0 Å². The molecule has 0 bridgehead atoms. The van der Waals surface area contributed by atoms with Crippen LogP contribution < -0.4 is 0 Å². The van der Waals surface area contributed by atoms with Crippen LogP contribution in [0.4, 0.5) is 0 Å². The lowest BCUT2D eigenvalue weighted by Crippen LogP contribution is -2.41. The number of hydrogen-bond donors (Lipinski definition) is 0. The molecule has 3 aromatic carbocycles. The average molecular weight is 383 g/mol. The van der Waals surface area contributed by atoms with Crippen molar-refractivity contribution in [2.45, 2.75) is 47.0 Å². The predicted molar refractivity (Wildman–Crippen MR) is 117 cm³/mol. The Morgan fingerprint density at radius 1 is 0.517 bits per heavy atom. The van der Waals surface area contributed by atoms with Gasteiger partial charge in [0.25, 0.3) is 0 Å². The molecular weight excluding hydrogens is 356 g/mol. The molecule has 0 amide bonds. The van der Waals surface area contributed by atoms with Gasteiger partial charge in [-0.25, -0.2) is 0 Å². The molecule has 4 rings (SSSR count). The molecule has 2 heteroatoms. The molecule has 0 N–H and O–H groups in total. The lowest BCUT2D eigenvalue weighted by atomic mass is 9.67. The molecule has 0 radical (unpaired) electrons. The summed E-state index contributed by atoms with van der Waals surface area (Å²) in [5, 5.41) is 0. The van der Waals surface area contributed by atoms with Crippen molar-refractivity contribution >= 4 is 11.6 Å². The highest BCUT2D eigenvalue weighted by atomic mass is 16.2. The number of aryl methyl sites for hydroxylation is 6. The number of hydrogen-bond acceptors (Lipinski definition) is 2. The van der Waals surface area contributed by atoms with E-state index in [0.717, 1.165) is 44.5 Å². The maximum Gasteiger partial charge on any atom is 0.186 e. The number of benzene rings is 3. The number of ketones is 2. The van der Waals surface area contributed by atoms with Crippen LogP contribution in [0.15, 0.2) is 48.5 Å². The first-order valence-electron chi connectivity index (χ1n) is 10.0. The molecule has 3 aromatic rings. The molecule has 0 fully saturated rings. The van der Waals surface area contributed by atoms with E-state index in [1.54, 1.807) is 12.1 Å². The molecule has 0 heterocycles.